The zero-order valence-corrected chi connectivity index (χ0v) is 14.4. The molecule has 1 aliphatic heterocycles. The molecule has 0 amide bonds. The summed E-state index contributed by atoms with van der Waals surface area (Å²) in [6.45, 7) is 7.55. The van der Waals surface area contributed by atoms with Gasteiger partial charge in [-0.3, -0.25) is 4.90 Å². The summed E-state index contributed by atoms with van der Waals surface area (Å²) in [6, 6.07) is 9.23. The fourth-order valence-electron chi connectivity index (χ4n) is 3.22. The lowest BCUT2D eigenvalue weighted by Gasteiger charge is -2.37. The van der Waals surface area contributed by atoms with E-state index in [-0.39, 0.29) is 0 Å². The van der Waals surface area contributed by atoms with Crippen molar-refractivity contribution in [1.29, 1.82) is 0 Å². The average Bonchev–Trinajstić information content (AvgIpc) is 2.58. The van der Waals surface area contributed by atoms with Crippen LogP contribution in [-0.2, 0) is 6.54 Å². The number of aryl methyl sites for hydroxylation is 2. The van der Waals surface area contributed by atoms with Gasteiger partial charge in [0.15, 0.2) is 0 Å². The maximum absolute atomic E-state index is 4.45. The van der Waals surface area contributed by atoms with Crippen LogP contribution >= 0.6 is 0 Å². The molecule has 0 spiro atoms. The van der Waals surface area contributed by atoms with Crippen LogP contribution < -0.4 is 4.90 Å². The van der Waals surface area contributed by atoms with Crippen molar-refractivity contribution in [2.75, 3.05) is 25.0 Å². The van der Waals surface area contributed by atoms with Gasteiger partial charge in [0.05, 0.1) is 0 Å². The molecule has 0 saturated carbocycles. The van der Waals surface area contributed by atoms with E-state index in [4.69, 9.17) is 0 Å². The second kappa shape index (κ2) is 7.09. The molecule has 0 unspecified atom stereocenters. The first kappa shape index (κ1) is 15.9. The third kappa shape index (κ3) is 3.88. The summed E-state index contributed by atoms with van der Waals surface area (Å²) in [5.41, 5.74) is 3.94. The number of anilines is 1. The van der Waals surface area contributed by atoms with E-state index in [1.165, 1.54) is 24.0 Å². The van der Waals surface area contributed by atoms with Gasteiger partial charge in [-0.05, 0) is 43.4 Å². The fourth-order valence-corrected chi connectivity index (χ4v) is 3.22. The number of benzene rings is 1. The second-order valence-electron chi connectivity index (χ2n) is 6.61. The summed E-state index contributed by atoms with van der Waals surface area (Å²) < 4.78 is 0. The predicted molar refractivity (Wildman–Crippen MR) is 94.7 cm³/mol. The summed E-state index contributed by atoms with van der Waals surface area (Å²) in [7, 11) is 2.12. The van der Waals surface area contributed by atoms with Crippen LogP contribution in [0.15, 0.2) is 36.7 Å². The summed E-state index contributed by atoms with van der Waals surface area (Å²) in [5.74, 6) is 0.841. The van der Waals surface area contributed by atoms with E-state index in [9.17, 15) is 0 Å². The Morgan fingerprint density at radius 2 is 1.74 bits per heavy atom. The van der Waals surface area contributed by atoms with E-state index in [2.05, 4.69) is 58.0 Å². The van der Waals surface area contributed by atoms with Gasteiger partial charge in [-0.15, -0.1) is 0 Å². The van der Waals surface area contributed by atoms with Crippen LogP contribution in [0.4, 0.5) is 5.95 Å². The lowest BCUT2D eigenvalue weighted by Crippen LogP contribution is -2.43. The maximum atomic E-state index is 4.45. The highest BCUT2D eigenvalue weighted by Crippen LogP contribution is 2.21. The fraction of sp³-hybridized carbons (Fsp3) is 0.474. The van der Waals surface area contributed by atoms with Crippen molar-refractivity contribution < 1.29 is 0 Å². The standard InChI is InChI=1S/C19H26N4/c1-15-12-20-19(21-13-15)22(3)18-8-10-23(11-9-18)14-17-7-5-4-6-16(17)2/h4-7,12-13,18H,8-11,14H2,1-3H3. The molecule has 2 heterocycles. The molecule has 0 radical (unpaired) electrons. The Balaban J connectivity index is 1.56. The molecule has 23 heavy (non-hydrogen) atoms. The first-order valence-corrected chi connectivity index (χ1v) is 8.42. The molecule has 3 rings (SSSR count). The van der Waals surface area contributed by atoms with Crippen LogP contribution in [0.3, 0.4) is 0 Å². The van der Waals surface area contributed by atoms with Gasteiger partial charge in [-0.2, -0.15) is 0 Å². The lowest BCUT2D eigenvalue weighted by molar-refractivity contribution is 0.202. The van der Waals surface area contributed by atoms with E-state index >= 15 is 0 Å². The highest BCUT2D eigenvalue weighted by atomic mass is 15.3. The molecule has 1 fully saturated rings. The number of hydrogen-bond acceptors (Lipinski definition) is 4. The smallest absolute Gasteiger partial charge is 0.225 e. The monoisotopic (exact) mass is 310 g/mol. The molecule has 1 aromatic heterocycles. The molecule has 0 aliphatic carbocycles. The van der Waals surface area contributed by atoms with Crippen molar-refractivity contribution in [3.63, 3.8) is 0 Å². The Kier molecular flexibility index (Phi) is 4.91. The van der Waals surface area contributed by atoms with Crippen LogP contribution in [0.5, 0.6) is 0 Å². The number of hydrogen-bond donors (Lipinski definition) is 0. The predicted octanol–water partition coefficient (Wildman–Crippen LogP) is 3.19. The molecule has 1 aliphatic rings. The van der Waals surface area contributed by atoms with Gasteiger partial charge >= 0.3 is 0 Å². The minimum absolute atomic E-state index is 0.533. The van der Waals surface area contributed by atoms with Gasteiger partial charge in [0.1, 0.15) is 0 Å². The Morgan fingerprint density at radius 3 is 2.39 bits per heavy atom. The molecule has 0 N–H and O–H groups in total. The summed E-state index contributed by atoms with van der Waals surface area (Å²) >= 11 is 0. The quantitative estimate of drug-likeness (QED) is 0.868. The minimum atomic E-state index is 0.533. The van der Waals surface area contributed by atoms with E-state index in [1.807, 2.05) is 19.3 Å². The molecular weight excluding hydrogens is 284 g/mol. The summed E-state index contributed by atoms with van der Waals surface area (Å²) in [6.07, 6.45) is 6.12. The van der Waals surface area contributed by atoms with Crippen molar-refractivity contribution in [3.05, 3.63) is 53.3 Å². The topological polar surface area (TPSA) is 32.3 Å². The van der Waals surface area contributed by atoms with E-state index in [0.717, 1.165) is 31.1 Å². The van der Waals surface area contributed by atoms with Crippen molar-refractivity contribution >= 4 is 5.95 Å². The molecule has 0 bridgehead atoms. The number of nitrogens with zero attached hydrogens (tertiary/aromatic N) is 4. The van der Waals surface area contributed by atoms with Crippen LogP contribution in [0, 0.1) is 13.8 Å². The van der Waals surface area contributed by atoms with Crippen molar-refractivity contribution in [3.8, 4) is 0 Å². The molecule has 1 aromatic carbocycles. The van der Waals surface area contributed by atoms with Gasteiger partial charge in [-0.25, -0.2) is 9.97 Å². The van der Waals surface area contributed by atoms with Crippen molar-refractivity contribution in [2.24, 2.45) is 0 Å². The third-order valence-electron chi connectivity index (χ3n) is 4.84. The Hall–Kier alpha value is -1.94. The van der Waals surface area contributed by atoms with Gasteiger partial charge in [0.25, 0.3) is 0 Å². The van der Waals surface area contributed by atoms with Crippen LogP contribution in [-0.4, -0.2) is 41.0 Å². The van der Waals surface area contributed by atoms with Crippen LogP contribution in [0.1, 0.15) is 29.5 Å². The zero-order chi connectivity index (χ0) is 16.2. The molecule has 4 nitrogen and oxygen atoms in total. The highest BCUT2D eigenvalue weighted by molar-refractivity contribution is 5.30. The first-order chi connectivity index (χ1) is 11.1. The van der Waals surface area contributed by atoms with Gasteiger partial charge in [0, 0.05) is 45.1 Å². The molecule has 0 atom stereocenters. The average molecular weight is 310 g/mol. The van der Waals surface area contributed by atoms with Gasteiger partial charge in [-0.1, -0.05) is 24.3 Å². The third-order valence-corrected chi connectivity index (χ3v) is 4.84. The largest absolute Gasteiger partial charge is 0.341 e. The summed E-state index contributed by atoms with van der Waals surface area (Å²) in [5, 5.41) is 0. The molecule has 2 aromatic rings. The highest BCUT2D eigenvalue weighted by Gasteiger charge is 2.24. The van der Waals surface area contributed by atoms with Gasteiger partial charge < -0.3 is 4.90 Å². The molecule has 4 heteroatoms. The van der Waals surface area contributed by atoms with E-state index in [0.29, 0.717) is 6.04 Å². The van der Waals surface area contributed by atoms with Crippen molar-refractivity contribution in [1.82, 2.24) is 14.9 Å². The SMILES string of the molecule is Cc1cnc(N(C)C2CCN(Cc3ccccc3C)CC2)nc1. The number of rotatable bonds is 4. The summed E-state index contributed by atoms with van der Waals surface area (Å²) in [4.78, 5) is 13.7. The number of piperidine rings is 1. The number of aromatic nitrogens is 2. The molecule has 122 valence electrons. The Labute approximate surface area is 139 Å². The first-order valence-electron chi connectivity index (χ1n) is 8.42. The maximum Gasteiger partial charge on any atom is 0.225 e. The van der Waals surface area contributed by atoms with Crippen LogP contribution in [0.2, 0.25) is 0 Å². The van der Waals surface area contributed by atoms with Crippen molar-refractivity contribution in [2.45, 2.75) is 39.3 Å². The zero-order valence-electron chi connectivity index (χ0n) is 14.4. The molecular formula is C19H26N4. The Bertz CT molecular complexity index is 630. The van der Waals surface area contributed by atoms with E-state index in [1.54, 1.807) is 0 Å². The number of likely N-dealkylation sites (tertiary alicyclic amines) is 1. The van der Waals surface area contributed by atoms with Gasteiger partial charge in [0.2, 0.25) is 5.95 Å². The molecule has 1 saturated heterocycles. The van der Waals surface area contributed by atoms with Crippen LogP contribution in [0.25, 0.3) is 0 Å². The minimum Gasteiger partial charge on any atom is -0.341 e. The van der Waals surface area contributed by atoms with E-state index < -0.39 is 0 Å². The normalized spacial score (nSPS) is 16.5. The Morgan fingerprint density at radius 1 is 1.09 bits per heavy atom. The second-order valence-corrected chi connectivity index (χ2v) is 6.61. The lowest BCUT2D eigenvalue weighted by atomic mass is 10.0.